The van der Waals surface area contributed by atoms with E-state index < -0.39 is 0 Å². The van der Waals surface area contributed by atoms with Crippen molar-refractivity contribution in [3.63, 3.8) is 0 Å². The molecule has 0 atom stereocenters. The molecule has 2 aromatic rings. The number of urea groups is 1. The van der Waals surface area contributed by atoms with E-state index in [0.29, 0.717) is 5.92 Å². The summed E-state index contributed by atoms with van der Waals surface area (Å²) in [6.07, 6.45) is 0. The van der Waals surface area contributed by atoms with Crippen molar-refractivity contribution in [2.24, 2.45) is 0 Å². The molecule has 1 aliphatic rings. The number of piperazine rings is 1. The Morgan fingerprint density at radius 2 is 1.60 bits per heavy atom. The van der Waals surface area contributed by atoms with Gasteiger partial charge >= 0.3 is 6.03 Å². The molecule has 0 aliphatic carbocycles. The van der Waals surface area contributed by atoms with Gasteiger partial charge in [-0.1, -0.05) is 50.2 Å². The van der Waals surface area contributed by atoms with Crippen molar-refractivity contribution in [1.29, 1.82) is 0 Å². The van der Waals surface area contributed by atoms with Crippen molar-refractivity contribution >= 4 is 17.4 Å². The highest BCUT2D eigenvalue weighted by Gasteiger charge is 2.22. The van der Waals surface area contributed by atoms with Crippen LogP contribution in [0.2, 0.25) is 0 Å². The maximum Gasteiger partial charge on any atom is 0.321 e. The molecule has 0 radical (unpaired) electrons. The number of carbonyl (C=O) groups is 1. The summed E-state index contributed by atoms with van der Waals surface area (Å²) in [5.74, 6) is 0.384. The molecule has 0 saturated carbocycles. The topological polar surface area (TPSA) is 35.6 Å². The number of aryl methyl sites for hydroxylation is 1. The zero-order chi connectivity index (χ0) is 17.8. The number of nitrogens with zero attached hydrogens (tertiary/aromatic N) is 2. The summed E-state index contributed by atoms with van der Waals surface area (Å²) in [6.45, 7) is 9.64. The molecule has 0 spiro atoms. The molecule has 2 aromatic carbocycles. The highest BCUT2D eigenvalue weighted by molar-refractivity contribution is 5.90. The van der Waals surface area contributed by atoms with Gasteiger partial charge in [0.05, 0.1) is 0 Å². The van der Waals surface area contributed by atoms with Crippen LogP contribution in [0.5, 0.6) is 0 Å². The Morgan fingerprint density at radius 1 is 0.960 bits per heavy atom. The molecule has 0 unspecified atom stereocenters. The molecule has 25 heavy (non-hydrogen) atoms. The molecule has 1 fully saturated rings. The first-order valence-electron chi connectivity index (χ1n) is 9.01. The van der Waals surface area contributed by atoms with Gasteiger partial charge in [0.15, 0.2) is 0 Å². The smallest absolute Gasteiger partial charge is 0.321 e. The van der Waals surface area contributed by atoms with Gasteiger partial charge < -0.3 is 15.1 Å². The SMILES string of the molecule is Cc1ccccc1N1CCN(C(=O)Nc2ccccc2C(C)C)CC1. The third-order valence-electron chi connectivity index (χ3n) is 4.85. The number of hydrogen-bond donors (Lipinski definition) is 1. The average Bonchev–Trinajstić information content (AvgIpc) is 2.62. The molecule has 132 valence electrons. The van der Waals surface area contributed by atoms with Crippen LogP contribution in [0.25, 0.3) is 0 Å². The molecule has 4 nitrogen and oxygen atoms in total. The van der Waals surface area contributed by atoms with E-state index in [1.54, 1.807) is 0 Å². The second-order valence-corrected chi connectivity index (χ2v) is 6.93. The molecule has 2 amide bonds. The Morgan fingerprint density at radius 3 is 2.28 bits per heavy atom. The minimum atomic E-state index is -0.00228. The second kappa shape index (κ2) is 7.60. The van der Waals surface area contributed by atoms with Gasteiger partial charge in [0, 0.05) is 37.6 Å². The van der Waals surface area contributed by atoms with Crippen molar-refractivity contribution in [3.8, 4) is 0 Å². The standard InChI is InChI=1S/C21H27N3O/c1-16(2)18-9-5-6-10-19(18)22-21(25)24-14-12-23(13-15-24)20-11-7-4-8-17(20)3/h4-11,16H,12-15H2,1-3H3,(H,22,25). The first kappa shape index (κ1) is 17.3. The van der Waals surface area contributed by atoms with E-state index in [2.05, 4.69) is 61.3 Å². The van der Waals surface area contributed by atoms with Crippen LogP contribution < -0.4 is 10.2 Å². The van der Waals surface area contributed by atoms with Crippen molar-refractivity contribution in [1.82, 2.24) is 4.90 Å². The highest BCUT2D eigenvalue weighted by atomic mass is 16.2. The van der Waals surface area contributed by atoms with Crippen LogP contribution in [-0.4, -0.2) is 37.1 Å². The van der Waals surface area contributed by atoms with Crippen molar-refractivity contribution in [2.75, 3.05) is 36.4 Å². The summed E-state index contributed by atoms with van der Waals surface area (Å²) in [7, 11) is 0. The molecule has 1 aliphatic heterocycles. The highest BCUT2D eigenvalue weighted by Crippen LogP contribution is 2.25. The Hall–Kier alpha value is -2.49. The predicted molar refractivity (Wildman–Crippen MR) is 105 cm³/mol. The number of nitrogens with one attached hydrogen (secondary N) is 1. The van der Waals surface area contributed by atoms with Gasteiger partial charge in [-0.25, -0.2) is 4.79 Å². The van der Waals surface area contributed by atoms with Crippen LogP contribution in [-0.2, 0) is 0 Å². The van der Waals surface area contributed by atoms with Gasteiger partial charge in [-0.05, 0) is 36.1 Å². The fourth-order valence-corrected chi connectivity index (χ4v) is 3.38. The van der Waals surface area contributed by atoms with Crippen molar-refractivity contribution in [2.45, 2.75) is 26.7 Å². The average molecular weight is 337 g/mol. The Bertz CT molecular complexity index is 733. The van der Waals surface area contributed by atoms with E-state index in [9.17, 15) is 4.79 Å². The quantitative estimate of drug-likeness (QED) is 0.897. The summed E-state index contributed by atoms with van der Waals surface area (Å²) in [5, 5.41) is 3.10. The minimum absolute atomic E-state index is 0.00228. The van der Waals surface area contributed by atoms with E-state index in [4.69, 9.17) is 0 Å². The summed E-state index contributed by atoms with van der Waals surface area (Å²) < 4.78 is 0. The number of anilines is 2. The van der Waals surface area contributed by atoms with E-state index in [1.807, 2.05) is 23.1 Å². The monoisotopic (exact) mass is 337 g/mol. The zero-order valence-corrected chi connectivity index (χ0v) is 15.3. The lowest BCUT2D eigenvalue weighted by Crippen LogP contribution is -2.50. The summed E-state index contributed by atoms with van der Waals surface area (Å²) >= 11 is 0. The van der Waals surface area contributed by atoms with Crippen LogP contribution in [0, 0.1) is 6.92 Å². The number of hydrogen-bond acceptors (Lipinski definition) is 2. The maximum absolute atomic E-state index is 12.6. The first-order chi connectivity index (χ1) is 12.1. The molecule has 0 bridgehead atoms. The zero-order valence-electron chi connectivity index (χ0n) is 15.3. The third-order valence-corrected chi connectivity index (χ3v) is 4.85. The predicted octanol–water partition coefficient (Wildman–Crippen LogP) is 4.47. The second-order valence-electron chi connectivity index (χ2n) is 6.93. The molecule has 1 heterocycles. The minimum Gasteiger partial charge on any atom is -0.368 e. The molecule has 1 saturated heterocycles. The van der Waals surface area contributed by atoms with Gasteiger partial charge in [-0.2, -0.15) is 0 Å². The van der Waals surface area contributed by atoms with Gasteiger partial charge in [0.25, 0.3) is 0 Å². The van der Waals surface area contributed by atoms with E-state index >= 15 is 0 Å². The fourth-order valence-electron chi connectivity index (χ4n) is 3.38. The van der Waals surface area contributed by atoms with Crippen LogP contribution >= 0.6 is 0 Å². The molecule has 0 aromatic heterocycles. The number of benzene rings is 2. The third kappa shape index (κ3) is 3.95. The summed E-state index contributed by atoms with van der Waals surface area (Å²) in [6, 6.07) is 16.5. The van der Waals surface area contributed by atoms with Crippen molar-refractivity contribution in [3.05, 3.63) is 59.7 Å². The van der Waals surface area contributed by atoms with Gasteiger partial charge in [0.1, 0.15) is 0 Å². The van der Waals surface area contributed by atoms with E-state index in [1.165, 1.54) is 16.8 Å². The first-order valence-corrected chi connectivity index (χ1v) is 9.01. The molecular formula is C21H27N3O. The molecule has 3 rings (SSSR count). The summed E-state index contributed by atoms with van der Waals surface area (Å²) in [5.41, 5.74) is 4.65. The Kier molecular flexibility index (Phi) is 5.27. The van der Waals surface area contributed by atoms with Crippen LogP contribution in [0.4, 0.5) is 16.2 Å². The Labute approximate surface area is 150 Å². The van der Waals surface area contributed by atoms with Crippen LogP contribution in [0.3, 0.4) is 0 Å². The summed E-state index contributed by atoms with van der Waals surface area (Å²) in [4.78, 5) is 16.9. The fraction of sp³-hybridized carbons (Fsp3) is 0.381. The normalized spacial score (nSPS) is 14.7. The molecular weight excluding hydrogens is 310 g/mol. The van der Waals surface area contributed by atoms with Crippen LogP contribution in [0.15, 0.2) is 48.5 Å². The lowest BCUT2D eigenvalue weighted by molar-refractivity contribution is 0.208. The van der Waals surface area contributed by atoms with Crippen molar-refractivity contribution < 1.29 is 4.79 Å². The number of carbonyl (C=O) groups excluding carboxylic acids is 1. The lowest BCUT2D eigenvalue weighted by atomic mass is 10.0. The lowest BCUT2D eigenvalue weighted by Gasteiger charge is -2.36. The number of rotatable bonds is 3. The number of amides is 2. The Balaban J connectivity index is 1.62. The number of para-hydroxylation sites is 2. The van der Waals surface area contributed by atoms with Gasteiger partial charge in [-0.15, -0.1) is 0 Å². The largest absolute Gasteiger partial charge is 0.368 e. The van der Waals surface area contributed by atoms with E-state index in [-0.39, 0.29) is 6.03 Å². The maximum atomic E-state index is 12.6. The van der Waals surface area contributed by atoms with Gasteiger partial charge in [0.2, 0.25) is 0 Å². The van der Waals surface area contributed by atoms with E-state index in [0.717, 1.165) is 31.9 Å². The molecule has 1 N–H and O–H groups in total. The van der Waals surface area contributed by atoms with Gasteiger partial charge in [-0.3, -0.25) is 0 Å². The van der Waals surface area contributed by atoms with Crippen LogP contribution in [0.1, 0.15) is 30.9 Å². The molecule has 4 heteroatoms.